The van der Waals surface area contributed by atoms with Gasteiger partial charge in [-0.05, 0) is 30.5 Å². The Balaban J connectivity index is 2.90. The average Bonchev–Trinajstić information content (AvgIpc) is 2.15. The van der Waals surface area contributed by atoms with Crippen LogP contribution in [0.5, 0.6) is 0 Å². The van der Waals surface area contributed by atoms with Crippen molar-refractivity contribution < 1.29 is 9.90 Å². The molecule has 1 atom stereocenters. The Labute approximate surface area is 95.5 Å². The van der Waals surface area contributed by atoms with Crippen LogP contribution in [0.4, 0.5) is 11.4 Å². The van der Waals surface area contributed by atoms with Gasteiger partial charge in [-0.3, -0.25) is 0 Å². The second kappa shape index (κ2) is 4.88. The first-order chi connectivity index (χ1) is 7.41. The molecule has 0 amide bonds. The number of rotatable bonds is 4. The molecule has 0 aromatic heterocycles. The number of carbonyl (C=O) groups is 1. The number of hydrogen-bond donors (Lipinski definition) is 3. The van der Waals surface area contributed by atoms with Crippen molar-refractivity contribution in [1.29, 1.82) is 0 Å². The zero-order valence-electron chi connectivity index (χ0n) is 9.82. The quantitative estimate of drug-likeness (QED) is 0.682. The summed E-state index contributed by atoms with van der Waals surface area (Å²) in [6.07, 6.45) is 0. The number of aliphatic carboxylic acids is 1. The lowest BCUT2D eigenvalue weighted by atomic mass is 10.0. The van der Waals surface area contributed by atoms with Crippen LogP contribution in [0.3, 0.4) is 0 Å². The van der Waals surface area contributed by atoms with Crippen molar-refractivity contribution in [2.75, 3.05) is 11.1 Å². The van der Waals surface area contributed by atoms with E-state index in [0.717, 1.165) is 5.56 Å². The lowest BCUT2D eigenvalue weighted by Crippen LogP contribution is -2.34. The molecular weight excluding hydrogens is 204 g/mol. The minimum atomic E-state index is -0.866. The van der Waals surface area contributed by atoms with E-state index < -0.39 is 12.0 Å². The van der Waals surface area contributed by atoms with E-state index in [1.54, 1.807) is 0 Å². The molecule has 0 saturated carbocycles. The first kappa shape index (κ1) is 12.4. The Morgan fingerprint density at radius 3 is 2.50 bits per heavy atom. The Kier molecular flexibility index (Phi) is 3.77. The summed E-state index contributed by atoms with van der Waals surface area (Å²) >= 11 is 0. The maximum Gasteiger partial charge on any atom is 0.326 e. The number of nitrogens with two attached hydrogens (primary N) is 1. The van der Waals surface area contributed by atoms with Gasteiger partial charge in [0.2, 0.25) is 0 Å². The minimum absolute atomic E-state index is 0.00166. The van der Waals surface area contributed by atoms with Gasteiger partial charge in [-0.15, -0.1) is 0 Å². The van der Waals surface area contributed by atoms with E-state index in [0.29, 0.717) is 11.4 Å². The number of aryl methyl sites for hydroxylation is 1. The van der Waals surface area contributed by atoms with Crippen LogP contribution in [0.1, 0.15) is 19.4 Å². The second-order valence-electron chi connectivity index (χ2n) is 4.29. The molecule has 1 aromatic rings. The zero-order chi connectivity index (χ0) is 12.3. The smallest absolute Gasteiger partial charge is 0.326 e. The highest BCUT2D eigenvalue weighted by atomic mass is 16.4. The van der Waals surface area contributed by atoms with Crippen LogP contribution in [-0.4, -0.2) is 17.1 Å². The highest BCUT2D eigenvalue weighted by molar-refractivity contribution is 5.80. The van der Waals surface area contributed by atoms with E-state index in [1.807, 2.05) is 39.0 Å². The fourth-order valence-electron chi connectivity index (χ4n) is 1.49. The monoisotopic (exact) mass is 222 g/mol. The fourth-order valence-corrected chi connectivity index (χ4v) is 1.49. The summed E-state index contributed by atoms with van der Waals surface area (Å²) in [7, 11) is 0. The predicted molar refractivity (Wildman–Crippen MR) is 65.5 cm³/mol. The van der Waals surface area contributed by atoms with Gasteiger partial charge in [0, 0.05) is 0 Å². The molecule has 1 unspecified atom stereocenters. The Morgan fingerprint density at radius 2 is 2.06 bits per heavy atom. The first-order valence-electron chi connectivity index (χ1n) is 5.27. The molecule has 0 aliphatic carbocycles. The largest absolute Gasteiger partial charge is 0.480 e. The molecule has 1 rings (SSSR count). The van der Waals surface area contributed by atoms with Gasteiger partial charge in [0.05, 0.1) is 11.4 Å². The van der Waals surface area contributed by atoms with Gasteiger partial charge in [0.25, 0.3) is 0 Å². The van der Waals surface area contributed by atoms with Crippen LogP contribution in [0.15, 0.2) is 18.2 Å². The molecule has 88 valence electrons. The molecule has 0 radical (unpaired) electrons. The maximum absolute atomic E-state index is 11.0. The summed E-state index contributed by atoms with van der Waals surface area (Å²) in [4.78, 5) is 11.0. The molecule has 0 aliphatic heterocycles. The van der Waals surface area contributed by atoms with Crippen molar-refractivity contribution in [1.82, 2.24) is 0 Å². The van der Waals surface area contributed by atoms with Gasteiger partial charge in [0.15, 0.2) is 0 Å². The summed E-state index contributed by atoms with van der Waals surface area (Å²) in [5.74, 6) is -0.867. The maximum atomic E-state index is 11.0. The molecule has 0 fully saturated rings. The molecule has 4 N–H and O–H groups in total. The molecule has 0 bridgehead atoms. The third-order valence-corrected chi connectivity index (χ3v) is 2.45. The van der Waals surface area contributed by atoms with Gasteiger partial charge in [0.1, 0.15) is 6.04 Å². The van der Waals surface area contributed by atoms with Crippen LogP contribution >= 0.6 is 0 Å². The van der Waals surface area contributed by atoms with E-state index in [1.165, 1.54) is 0 Å². The van der Waals surface area contributed by atoms with Crippen molar-refractivity contribution in [2.45, 2.75) is 26.8 Å². The number of anilines is 2. The molecule has 4 heteroatoms. The van der Waals surface area contributed by atoms with Crippen LogP contribution in [0.2, 0.25) is 0 Å². The number of nitrogens with one attached hydrogen (secondary N) is 1. The van der Waals surface area contributed by atoms with Gasteiger partial charge >= 0.3 is 5.97 Å². The summed E-state index contributed by atoms with van der Waals surface area (Å²) < 4.78 is 0. The van der Waals surface area contributed by atoms with Gasteiger partial charge < -0.3 is 16.2 Å². The highest BCUT2D eigenvalue weighted by Gasteiger charge is 2.21. The Morgan fingerprint density at radius 1 is 1.44 bits per heavy atom. The third kappa shape index (κ3) is 2.89. The number of carboxylic acid groups (broad SMARTS) is 1. The summed E-state index contributed by atoms with van der Waals surface area (Å²) in [5.41, 5.74) is 8.12. The molecule has 0 heterocycles. The molecule has 4 nitrogen and oxygen atoms in total. The number of benzene rings is 1. The third-order valence-electron chi connectivity index (χ3n) is 2.45. The van der Waals surface area contributed by atoms with Crippen molar-refractivity contribution in [2.24, 2.45) is 5.92 Å². The van der Waals surface area contributed by atoms with E-state index in [2.05, 4.69) is 5.32 Å². The average molecular weight is 222 g/mol. The lowest BCUT2D eigenvalue weighted by Gasteiger charge is -2.20. The van der Waals surface area contributed by atoms with Crippen LogP contribution < -0.4 is 11.1 Å². The van der Waals surface area contributed by atoms with E-state index in [9.17, 15) is 4.79 Å². The van der Waals surface area contributed by atoms with Crippen LogP contribution in [0, 0.1) is 12.8 Å². The van der Waals surface area contributed by atoms with Crippen LogP contribution in [0.25, 0.3) is 0 Å². The van der Waals surface area contributed by atoms with E-state index in [4.69, 9.17) is 10.8 Å². The van der Waals surface area contributed by atoms with Crippen molar-refractivity contribution >= 4 is 17.3 Å². The fraction of sp³-hybridized carbons (Fsp3) is 0.417. The van der Waals surface area contributed by atoms with Crippen molar-refractivity contribution in [3.8, 4) is 0 Å². The van der Waals surface area contributed by atoms with E-state index in [-0.39, 0.29) is 5.92 Å². The summed E-state index contributed by atoms with van der Waals surface area (Å²) in [6.45, 7) is 5.66. The van der Waals surface area contributed by atoms with Crippen molar-refractivity contribution in [3.63, 3.8) is 0 Å². The molecule has 1 aromatic carbocycles. The van der Waals surface area contributed by atoms with Gasteiger partial charge in [-0.1, -0.05) is 19.9 Å². The van der Waals surface area contributed by atoms with Crippen molar-refractivity contribution in [3.05, 3.63) is 23.8 Å². The molecular formula is C12H18N2O2. The number of hydrogen-bond acceptors (Lipinski definition) is 3. The highest BCUT2D eigenvalue weighted by Crippen LogP contribution is 2.21. The molecule has 0 aliphatic rings. The SMILES string of the molecule is Cc1ccc(NC(C(=O)O)C(C)C)c(N)c1. The topological polar surface area (TPSA) is 75.3 Å². The standard InChI is InChI=1S/C12H18N2O2/c1-7(2)11(12(15)16)14-10-5-4-8(3)6-9(10)13/h4-7,11,14H,13H2,1-3H3,(H,15,16). The molecule has 0 spiro atoms. The Bertz CT molecular complexity index is 389. The summed E-state index contributed by atoms with van der Waals surface area (Å²) in [5, 5.41) is 12.0. The Hall–Kier alpha value is -1.71. The van der Waals surface area contributed by atoms with E-state index >= 15 is 0 Å². The normalized spacial score (nSPS) is 12.5. The first-order valence-corrected chi connectivity index (χ1v) is 5.27. The minimum Gasteiger partial charge on any atom is -0.480 e. The molecule has 0 saturated heterocycles. The van der Waals surface area contributed by atoms with Crippen LogP contribution in [-0.2, 0) is 4.79 Å². The molecule has 16 heavy (non-hydrogen) atoms. The predicted octanol–water partition coefficient (Wildman–Crippen LogP) is 2.10. The summed E-state index contributed by atoms with van der Waals surface area (Å²) in [6, 6.07) is 4.91. The second-order valence-corrected chi connectivity index (χ2v) is 4.29. The number of nitrogen functional groups attached to an aromatic ring is 1. The lowest BCUT2D eigenvalue weighted by molar-refractivity contribution is -0.138. The van der Waals surface area contributed by atoms with Gasteiger partial charge in [-0.25, -0.2) is 4.79 Å². The number of carboxylic acids is 1. The zero-order valence-corrected chi connectivity index (χ0v) is 9.82. The van der Waals surface area contributed by atoms with Gasteiger partial charge in [-0.2, -0.15) is 0 Å².